The van der Waals surface area contributed by atoms with E-state index in [-0.39, 0.29) is 6.61 Å². The van der Waals surface area contributed by atoms with Crippen LogP contribution in [-0.4, -0.2) is 20.2 Å². The lowest BCUT2D eigenvalue weighted by atomic mass is 10.0. The van der Waals surface area contributed by atoms with E-state index in [1.807, 2.05) is 0 Å². The molecule has 0 aliphatic heterocycles. The van der Waals surface area contributed by atoms with Gasteiger partial charge >= 0.3 is 0 Å². The molecule has 5 heteroatoms. The maximum atomic E-state index is 5.63. The van der Waals surface area contributed by atoms with E-state index in [2.05, 4.69) is 6.92 Å². The van der Waals surface area contributed by atoms with E-state index >= 15 is 0 Å². The highest BCUT2D eigenvalue weighted by molar-refractivity contribution is 6.67. The Balaban J connectivity index is 3.01. The van der Waals surface area contributed by atoms with Crippen LogP contribution < -0.4 is 0 Å². The minimum Gasteiger partial charge on any atom is -0.413 e. The molecule has 0 saturated carbocycles. The van der Waals surface area contributed by atoms with Crippen LogP contribution in [-0.2, 0) is 4.43 Å². The quantitative estimate of drug-likeness (QED) is 0.113. The molecule has 1 nitrogen and oxygen atoms in total. The van der Waals surface area contributed by atoms with Crippen LogP contribution in [0.1, 0.15) is 110 Å². The third kappa shape index (κ3) is 25.0. The van der Waals surface area contributed by atoms with Crippen LogP contribution in [0.2, 0.25) is 6.04 Å². The summed E-state index contributed by atoms with van der Waals surface area (Å²) in [7, 11) is 0.463. The van der Waals surface area contributed by atoms with Gasteiger partial charge in [0.05, 0.1) is 6.61 Å². The molecule has 0 amide bonds. The fourth-order valence-electron chi connectivity index (χ4n) is 2.95. The van der Waals surface area contributed by atoms with Crippen molar-refractivity contribution in [3.8, 4) is 0 Å². The maximum Gasteiger partial charge on any atom is 0.229 e. The van der Waals surface area contributed by atoms with E-state index in [4.69, 9.17) is 39.2 Å². The first-order valence-electron chi connectivity index (χ1n) is 10.5. The second-order valence-corrected chi connectivity index (χ2v) is 10.7. The van der Waals surface area contributed by atoms with Crippen LogP contribution in [0.4, 0.5) is 0 Å². The summed E-state index contributed by atoms with van der Waals surface area (Å²) < 4.78 is 4.09. The summed E-state index contributed by atoms with van der Waals surface area (Å²) in [5.41, 5.74) is 0. The van der Waals surface area contributed by atoms with Crippen LogP contribution in [0.3, 0.4) is 0 Å². The van der Waals surface area contributed by atoms with Crippen molar-refractivity contribution in [1.82, 2.24) is 0 Å². The van der Waals surface area contributed by atoms with Crippen molar-refractivity contribution in [3.05, 3.63) is 0 Å². The van der Waals surface area contributed by atoms with Gasteiger partial charge in [-0.1, -0.05) is 144 Å². The number of halogens is 3. The fraction of sp³-hybridized carbons (Fsp3) is 1.00. The average Bonchev–Trinajstić information content (AvgIpc) is 2.56. The number of rotatable bonds is 19. The van der Waals surface area contributed by atoms with Crippen LogP contribution in [0.15, 0.2) is 0 Å². The van der Waals surface area contributed by atoms with Crippen LogP contribution >= 0.6 is 34.8 Å². The van der Waals surface area contributed by atoms with E-state index in [9.17, 15) is 0 Å². The van der Waals surface area contributed by atoms with Gasteiger partial charge in [-0.3, -0.25) is 0 Å². The highest BCUT2D eigenvalue weighted by Crippen LogP contribution is 2.25. The summed E-state index contributed by atoms with van der Waals surface area (Å²) in [5.74, 6) is 0. The summed E-state index contributed by atoms with van der Waals surface area (Å²) in [6.07, 6.45) is 22.5. The van der Waals surface area contributed by atoms with Crippen LogP contribution in [0.5, 0.6) is 0 Å². The summed E-state index contributed by atoms with van der Waals surface area (Å²) in [6.45, 7) is 2.49. The summed E-state index contributed by atoms with van der Waals surface area (Å²) >= 11 is 16.9. The number of hydrogen-bond donors (Lipinski definition) is 0. The van der Waals surface area contributed by atoms with E-state index in [1.165, 1.54) is 103 Å². The van der Waals surface area contributed by atoms with Crippen molar-refractivity contribution in [2.45, 2.75) is 119 Å². The number of hydrogen-bond acceptors (Lipinski definition) is 1. The minimum atomic E-state index is -1.26. The zero-order chi connectivity index (χ0) is 18.6. The molecule has 0 spiro atoms. The monoisotopic (exact) mass is 428 g/mol. The highest BCUT2D eigenvalue weighted by atomic mass is 35.6. The van der Waals surface area contributed by atoms with E-state index in [0.717, 1.165) is 6.04 Å². The molecule has 0 aliphatic rings. The van der Waals surface area contributed by atoms with Gasteiger partial charge in [0.25, 0.3) is 0 Å². The van der Waals surface area contributed by atoms with Gasteiger partial charge in [-0.2, -0.15) is 0 Å². The third-order valence-electron chi connectivity index (χ3n) is 4.47. The van der Waals surface area contributed by atoms with Crippen molar-refractivity contribution >= 4 is 44.6 Å². The normalized spacial score (nSPS) is 12.0. The van der Waals surface area contributed by atoms with Crippen molar-refractivity contribution in [3.63, 3.8) is 0 Å². The van der Waals surface area contributed by atoms with Gasteiger partial charge in [0.2, 0.25) is 13.6 Å². The van der Waals surface area contributed by atoms with E-state index in [0.29, 0.717) is 9.76 Å². The summed E-state index contributed by atoms with van der Waals surface area (Å²) in [5, 5.41) is 0. The van der Waals surface area contributed by atoms with Gasteiger partial charge in [-0.15, -0.1) is 0 Å². The molecular formula is C20H39Cl3OSi. The van der Waals surface area contributed by atoms with Crippen LogP contribution in [0.25, 0.3) is 0 Å². The lowest BCUT2D eigenvalue weighted by molar-refractivity contribution is 0.343. The Labute approximate surface area is 174 Å². The molecule has 0 bridgehead atoms. The van der Waals surface area contributed by atoms with Gasteiger partial charge in [-0.25, -0.2) is 0 Å². The topological polar surface area (TPSA) is 9.23 Å². The third-order valence-corrected chi connectivity index (χ3v) is 5.70. The van der Waals surface area contributed by atoms with Gasteiger partial charge in [0, 0.05) is 0 Å². The highest BCUT2D eigenvalue weighted by Gasteiger charge is 2.19. The largest absolute Gasteiger partial charge is 0.413 e. The van der Waals surface area contributed by atoms with Crippen LogP contribution in [0, 0.1) is 0 Å². The molecule has 150 valence electrons. The Morgan fingerprint density at radius 3 is 1.32 bits per heavy atom. The second-order valence-electron chi connectivity index (χ2n) is 7.10. The molecule has 0 N–H and O–H groups in total. The predicted molar refractivity (Wildman–Crippen MR) is 116 cm³/mol. The predicted octanol–water partition coefficient (Wildman–Crippen LogP) is 8.67. The standard InChI is InChI=1S/C20H39Cl3OSi/c1-2-3-4-5-6-7-8-9-10-11-12-13-14-15-16-17-18-25-24-19-20(21,22)23/h2-19H2,1H3. The number of alkyl halides is 3. The molecule has 0 atom stereocenters. The number of unbranched alkanes of at least 4 members (excludes halogenated alkanes) is 15. The molecule has 0 aromatic carbocycles. The van der Waals surface area contributed by atoms with Gasteiger partial charge in [-0.05, 0) is 6.04 Å². The van der Waals surface area contributed by atoms with Gasteiger partial charge in [0.1, 0.15) is 0 Å². The second kappa shape index (κ2) is 19.8. The molecule has 0 aliphatic carbocycles. The molecule has 0 heterocycles. The molecule has 0 aromatic rings. The summed E-state index contributed by atoms with van der Waals surface area (Å²) in [6, 6.07) is 1.10. The Bertz CT molecular complexity index is 260. The SMILES string of the molecule is CCCCCCCCCCCCCCCCCC[Si]OCC(Cl)(Cl)Cl. The van der Waals surface area contributed by atoms with Crippen molar-refractivity contribution < 1.29 is 4.43 Å². The Morgan fingerprint density at radius 1 is 0.600 bits per heavy atom. The molecular weight excluding hydrogens is 391 g/mol. The Morgan fingerprint density at radius 2 is 0.960 bits per heavy atom. The van der Waals surface area contributed by atoms with E-state index in [1.54, 1.807) is 0 Å². The van der Waals surface area contributed by atoms with Gasteiger partial charge < -0.3 is 4.43 Å². The lowest BCUT2D eigenvalue weighted by Crippen LogP contribution is -2.14. The molecule has 25 heavy (non-hydrogen) atoms. The van der Waals surface area contributed by atoms with Crippen molar-refractivity contribution in [1.29, 1.82) is 0 Å². The zero-order valence-corrected chi connectivity index (χ0v) is 19.5. The van der Waals surface area contributed by atoms with Gasteiger partial charge in [0.15, 0.2) is 0 Å². The summed E-state index contributed by atoms with van der Waals surface area (Å²) in [4.78, 5) is 0. The fourth-order valence-corrected chi connectivity index (χ4v) is 4.25. The first-order chi connectivity index (χ1) is 12.1. The smallest absolute Gasteiger partial charge is 0.229 e. The molecule has 0 saturated heterocycles. The minimum absolute atomic E-state index is 0.203. The first-order valence-corrected chi connectivity index (χ1v) is 12.7. The first kappa shape index (κ1) is 26.0. The molecule has 0 fully saturated rings. The average molecular weight is 430 g/mol. The molecule has 2 radical (unpaired) electrons. The zero-order valence-electron chi connectivity index (χ0n) is 16.3. The lowest BCUT2D eigenvalue weighted by Gasteiger charge is -2.10. The Hall–Kier alpha value is 1.05. The maximum absolute atomic E-state index is 5.63. The van der Waals surface area contributed by atoms with Crippen molar-refractivity contribution in [2.75, 3.05) is 6.61 Å². The molecule has 0 rings (SSSR count). The van der Waals surface area contributed by atoms with Crippen molar-refractivity contribution in [2.24, 2.45) is 0 Å². The molecule has 0 unspecified atom stereocenters. The van der Waals surface area contributed by atoms with E-state index < -0.39 is 3.79 Å². The Kier molecular flexibility index (Phi) is 20.6. The molecule has 0 aromatic heterocycles.